The van der Waals surface area contributed by atoms with Gasteiger partial charge in [-0.1, -0.05) is 12.1 Å². The van der Waals surface area contributed by atoms with Crippen LogP contribution in [0, 0.1) is 0 Å². The maximum Gasteiger partial charge on any atom is 0.229 e. The summed E-state index contributed by atoms with van der Waals surface area (Å²) in [5, 5.41) is 2.78. The molecule has 1 fully saturated rings. The van der Waals surface area contributed by atoms with Crippen LogP contribution in [0.3, 0.4) is 0 Å². The van der Waals surface area contributed by atoms with Crippen LogP contribution < -0.4 is 5.32 Å². The van der Waals surface area contributed by atoms with Gasteiger partial charge >= 0.3 is 0 Å². The molecule has 2 N–H and O–H groups in total. The Kier molecular flexibility index (Phi) is 4.42. The van der Waals surface area contributed by atoms with Gasteiger partial charge < -0.3 is 10.3 Å². The van der Waals surface area contributed by atoms with Crippen LogP contribution in [0.5, 0.6) is 0 Å². The Hall–Kier alpha value is -3.48. The Morgan fingerprint density at radius 1 is 1.04 bits per heavy atom. The number of aromatic nitrogens is 2. The highest BCUT2D eigenvalue weighted by Crippen LogP contribution is 2.22. The molecule has 0 unspecified atom stereocenters. The Labute approximate surface area is 155 Å². The van der Waals surface area contributed by atoms with E-state index < -0.39 is 0 Å². The predicted octanol–water partition coefficient (Wildman–Crippen LogP) is 2.71. The van der Waals surface area contributed by atoms with Crippen molar-refractivity contribution in [3.05, 3.63) is 48.5 Å². The van der Waals surface area contributed by atoms with E-state index in [0.717, 1.165) is 27.3 Å². The average molecular weight is 362 g/mol. The molecular weight excluding hydrogens is 344 g/mol. The summed E-state index contributed by atoms with van der Waals surface area (Å²) in [7, 11) is 0. The van der Waals surface area contributed by atoms with E-state index in [-0.39, 0.29) is 43.5 Å². The van der Waals surface area contributed by atoms with Gasteiger partial charge in [-0.2, -0.15) is 0 Å². The second-order valence-corrected chi connectivity index (χ2v) is 6.42. The van der Waals surface area contributed by atoms with Crippen molar-refractivity contribution in [3.8, 4) is 11.4 Å². The minimum Gasteiger partial charge on any atom is -0.338 e. The highest BCUT2D eigenvalue weighted by molar-refractivity contribution is 6.02. The Bertz CT molecular complexity index is 974. The van der Waals surface area contributed by atoms with Gasteiger partial charge in [0, 0.05) is 37.1 Å². The van der Waals surface area contributed by atoms with Gasteiger partial charge in [0.15, 0.2) is 0 Å². The van der Waals surface area contributed by atoms with Gasteiger partial charge in [-0.15, -0.1) is 0 Å². The molecule has 0 atom stereocenters. The summed E-state index contributed by atoms with van der Waals surface area (Å²) in [6, 6.07) is 15.2. The molecule has 2 aromatic carbocycles. The molecule has 7 nitrogen and oxygen atoms in total. The predicted molar refractivity (Wildman–Crippen MR) is 101 cm³/mol. The average Bonchev–Trinajstić information content (AvgIpc) is 3.24. The number of carbonyl (C=O) groups excluding carboxylic acids is 3. The number of amides is 3. The molecule has 0 bridgehead atoms. The number of nitrogens with one attached hydrogen (secondary N) is 2. The molecule has 1 aromatic heterocycles. The van der Waals surface area contributed by atoms with Crippen LogP contribution in [0.15, 0.2) is 48.5 Å². The molecule has 0 radical (unpaired) electrons. The maximum absolute atomic E-state index is 12.1. The lowest BCUT2D eigenvalue weighted by atomic mass is 10.2. The van der Waals surface area contributed by atoms with Crippen molar-refractivity contribution >= 4 is 34.4 Å². The normalized spacial score (nSPS) is 14.1. The van der Waals surface area contributed by atoms with Gasteiger partial charge in [0.25, 0.3) is 0 Å². The largest absolute Gasteiger partial charge is 0.338 e. The Morgan fingerprint density at radius 2 is 1.74 bits per heavy atom. The van der Waals surface area contributed by atoms with E-state index in [1.165, 1.54) is 0 Å². The van der Waals surface area contributed by atoms with Gasteiger partial charge in [0.05, 0.1) is 11.0 Å². The number of likely N-dealkylation sites (tertiary alicyclic amines) is 1. The molecule has 27 heavy (non-hydrogen) atoms. The summed E-state index contributed by atoms with van der Waals surface area (Å²) < 4.78 is 0. The minimum absolute atomic E-state index is 0.0861. The van der Waals surface area contributed by atoms with Crippen molar-refractivity contribution < 1.29 is 14.4 Å². The van der Waals surface area contributed by atoms with Crippen molar-refractivity contribution in [1.82, 2.24) is 14.9 Å². The van der Waals surface area contributed by atoms with E-state index in [2.05, 4.69) is 15.3 Å². The van der Waals surface area contributed by atoms with Crippen LogP contribution in [-0.4, -0.2) is 39.1 Å². The number of hydrogen-bond acceptors (Lipinski definition) is 4. The lowest BCUT2D eigenvalue weighted by Gasteiger charge is -2.13. The van der Waals surface area contributed by atoms with Crippen LogP contribution in [0.25, 0.3) is 22.4 Å². The van der Waals surface area contributed by atoms with Gasteiger partial charge in [-0.3, -0.25) is 19.3 Å². The first-order valence-corrected chi connectivity index (χ1v) is 8.78. The number of hydrogen-bond donors (Lipinski definition) is 2. The number of nitrogens with zero attached hydrogens (tertiary/aromatic N) is 2. The summed E-state index contributed by atoms with van der Waals surface area (Å²) in [5.74, 6) is 0.116. The van der Waals surface area contributed by atoms with E-state index in [0.29, 0.717) is 5.69 Å². The van der Waals surface area contributed by atoms with Crippen LogP contribution in [0.4, 0.5) is 5.69 Å². The lowest BCUT2D eigenvalue weighted by molar-refractivity contribution is -0.138. The maximum atomic E-state index is 12.1. The minimum atomic E-state index is -0.237. The van der Waals surface area contributed by atoms with Crippen molar-refractivity contribution in [2.75, 3.05) is 11.9 Å². The molecule has 0 spiro atoms. The zero-order chi connectivity index (χ0) is 18.8. The number of imidazole rings is 1. The molecule has 4 rings (SSSR count). The first-order valence-electron chi connectivity index (χ1n) is 8.78. The Morgan fingerprint density at radius 3 is 2.44 bits per heavy atom. The topological polar surface area (TPSA) is 95.2 Å². The molecule has 2 heterocycles. The third kappa shape index (κ3) is 3.57. The summed E-state index contributed by atoms with van der Waals surface area (Å²) in [5.41, 5.74) is 3.43. The number of para-hydroxylation sites is 2. The first-order chi connectivity index (χ1) is 13.1. The summed E-state index contributed by atoms with van der Waals surface area (Å²) in [4.78, 5) is 44.2. The van der Waals surface area contributed by atoms with E-state index in [1.54, 1.807) is 12.1 Å². The van der Waals surface area contributed by atoms with Gasteiger partial charge in [0.1, 0.15) is 5.82 Å². The van der Waals surface area contributed by atoms with Crippen LogP contribution in [-0.2, 0) is 14.4 Å². The van der Waals surface area contributed by atoms with Gasteiger partial charge in [-0.25, -0.2) is 4.98 Å². The van der Waals surface area contributed by atoms with Crippen molar-refractivity contribution in [2.45, 2.75) is 19.3 Å². The quantitative estimate of drug-likeness (QED) is 0.682. The number of imide groups is 1. The molecule has 136 valence electrons. The molecule has 3 aromatic rings. The number of aromatic amines is 1. The monoisotopic (exact) mass is 362 g/mol. The molecular formula is C20H18N4O3. The zero-order valence-corrected chi connectivity index (χ0v) is 14.6. The van der Waals surface area contributed by atoms with Crippen LogP contribution in [0.1, 0.15) is 19.3 Å². The Balaban J connectivity index is 1.38. The zero-order valence-electron chi connectivity index (χ0n) is 14.6. The summed E-state index contributed by atoms with van der Waals surface area (Å²) in [6.07, 6.45) is 0.566. The van der Waals surface area contributed by atoms with Crippen molar-refractivity contribution in [2.24, 2.45) is 0 Å². The molecule has 1 aliphatic heterocycles. The second-order valence-electron chi connectivity index (χ2n) is 6.42. The van der Waals surface area contributed by atoms with Gasteiger partial charge in [-0.05, 0) is 36.4 Å². The molecule has 0 saturated carbocycles. The summed E-state index contributed by atoms with van der Waals surface area (Å²) >= 11 is 0. The number of fused-ring (bicyclic) bond motifs is 1. The van der Waals surface area contributed by atoms with E-state index in [1.807, 2.05) is 36.4 Å². The fourth-order valence-corrected chi connectivity index (χ4v) is 3.11. The lowest BCUT2D eigenvalue weighted by Crippen LogP contribution is -2.32. The number of H-pyrrole nitrogens is 1. The van der Waals surface area contributed by atoms with Crippen LogP contribution >= 0.6 is 0 Å². The van der Waals surface area contributed by atoms with Crippen molar-refractivity contribution in [3.63, 3.8) is 0 Å². The van der Waals surface area contributed by atoms with E-state index in [4.69, 9.17) is 0 Å². The number of benzene rings is 2. The second kappa shape index (κ2) is 7.03. The standard InChI is InChI=1S/C20H18N4O3/c25-17(11-12-24-18(26)9-10-19(24)27)21-14-7-5-13(6-8-14)20-22-15-3-1-2-4-16(15)23-20/h1-8H,9-12H2,(H,21,25)(H,22,23). The highest BCUT2D eigenvalue weighted by Gasteiger charge is 2.28. The molecule has 0 aliphatic carbocycles. The third-order valence-electron chi connectivity index (χ3n) is 4.55. The van der Waals surface area contributed by atoms with Gasteiger partial charge in [0.2, 0.25) is 17.7 Å². The number of carbonyl (C=O) groups is 3. The van der Waals surface area contributed by atoms with E-state index >= 15 is 0 Å². The number of anilines is 1. The number of rotatable bonds is 5. The smallest absolute Gasteiger partial charge is 0.229 e. The SMILES string of the molecule is O=C(CCN1C(=O)CCC1=O)Nc1ccc(-c2nc3ccccc3[nH]2)cc1. The third-order valence-corrected chi connectivity index (χ3v) is 4.55. The molecule has 3 amide bonds. The fraction of sp³-hybridized carbons (Fsp3) is 0.200. The summed E-state index contributed by atoms with van der Waals surface area (Å²) in [6.45, 7) is 0.126. The molecule has 1 aliphatic rings. The highest BCUT2D eigenvalue weighted by atomic mass is 16.2. The first kappa shape index (κ1) is 17.0. The van der Waals surface area contributed by atoms with Crippen molar-refractivity contribution in [1.29, 1.82) is 0 Å². The molecule has 1 saturated heterocycles. The molecule has 7 heteroatoms. The van der Waals surface area contributed by atoms with E-state index in [9.17, 15) is 14.4 Å². The fourth-order valence-electron chi connectivity index (χ4n) is 3.11. The van der Waals surface area contributed by atoms with Crippen LogP contribution in [0.2, 0.25) is 0 Å².